The van der Waals surface area contributed by atoms with Gasteiger partial charge in [-0.2, -0.15) is 0 Å². The first-order valence-corrected chi connectivity index (χ1v) is 9.97. The molecule has 0 radical (unpaired) electrons. The number of para-hydroxylation sites is 1. The molecule has 0 aliphatic rings. The lowest BCUT2D eigenvalue weighted by atomic mass is 9.87. The Balaban J connectivity index is 2.06. The van der Waals surface area contributed by atoms with Crippen molar-refractivity contribution in [3.8, 4) is 0 Å². The highest BCUT2D eigenvalue weighted by atomic mass is 16.1. The van der Waals surface area contributed by atoms with Crippen molar-refractivity contribution in [2.45, 2.75) is 59.0 Å². The molecule has 3 nitrogen and oxygen atoms in total. The van der Waals surface area contributed by atoms with Crippen molar-refractivity contribution < 1.29 is 4.79 Å². The molecule has 1 amide bonds. The Labute approximate surface area is 162 Å². The lowest BCUT2D eigenvalue weighted by molar-refractivity contribution is -0.121. The van der Waals surface area contributed by atoms with E-state index >= 15 is 0 Å². The first-order valence-electron chi connectivity index (χ1n) is 9.97. The Bertz CT molecular complexity index is 925. The average molecular weight is 363 g/mol. The van der Waals surface area contributed by atoms with E-state index in [9.17, 15) is 4.79 Å². The number of carbonyl (C=O) groups is 1. The van der Waals surface area contributed by atoms with Crippen molar-refractivity contribution in [2.75, 3.05) is 0 Å². The maximum absolute atomic E-state index is 12.7. The summed E-state index contributed by atoms with van der Waals surface area (Å²) >= 11 is 0. The SMILES string of the molecule is CC[C@@H](C)NC(=O)C[C@@H](c1cccc(C)c1)c1cn(CC)c2ccccc12. The number of rotatable bonds is 7. The van der Waals surface area contributed by atoms with E-state index in [-0.39, 0.29) is 17.9 Å². The fourth-order valence-electron chi connectivity index (χ4n) is 3.73. The van der Waals surface area contributed by atoms with Gasteiger partial charge >= 0.3 is 0 Å². The van der Waals surface area contributed by atoms with Crippen LogP contribution in [0.5, 0.6) is 0 Å². The van der Waals surface area contributed by atoms with Crippen molar-refractivity contribution in [3.63, 3.8) is 0 Å². The molecule has 3 rings (SSSR count). The van der Waals surface area contributed by atoms with Crippen LogP contribution in [0.4, 0.5) is 0 Å². The predicted octanol–water partition coefficient (Wildman–Crippen LogP) is 5.41. The van der Waals surface area contributed by atoms with Gasteiger partial charge in [-0.25, -0.2) is 0 Å². The minimum Gasteiger partial charge on any atom is -0.354 e. The first kappa shape index (κ1) is 19.2. The van der Waals surface area contributed by atoms with E-state index in [4.69, 9.17) is 0 Å². The molecule has 1 aromatic heterocycles. The molecule has 0 spiro atoms. The molecule has 0 bridgehead atoms. The molecule has 3 heteroatoms. The molecule has 142 valence electrons. The third kappa shape index (κ3) is 4.24. The Morgan fingerprint density at radius 2 is 1.89 bits per heavy atom. The van der Waals surface area contributed by atoms with E-state index < -0.39 is 0 Å². The van der Waals surface area contributed by atoms with Crippen LogP contribution >= 0.6 is 0 Å². The van der Waals surface area contributed by atoms with Crippen molar-refractivity contribution in [1.29, 1.82) is 0 Å². The number of hydrogen-bond acceptors (Lipinski definition) is 1. The van der Waals surface area contributed by atoms with Crippen LogP contribution in [0.3, 0.4) is 0 Å². The maximum atomic E-state index is 12.7. The summed E-state index contributed by atoms with van der Waals surface area (Å²) < 4.78 is 2.28. The van der Waals surface area contributed by atoms with Gasteiger partial charge in [0, 0.05) is 42.0 Å². The molecule has 2 atom stereocenters. The van der Waals surface area contributed by atoms with E-state index in [1.54, 1.807) is 0 Å². The topological polar surface area (TPSA) is 34.0 Å². The summed E-state index contributed by atoms with van der Waals surface area (Å²) in [5.74, 6) is 0.163. The summed E-state index contributed by atoms with van der Waals surface area (Å²) in [6.07, 6.45) is 3.63. The minimum absolute atomic E-state index is 0.0478. The second-order valence-electron chi connectivity index (χ2n) is 7.44. The third-order valence-corrected chi connectivity index (χ3v) is 5.39. The molecule has 0 fully saturated rings. The van der Waals surface area contributed by atoms with Crippen LogP contribution in [0, 0.1) is 6.92 Å². The van der Waals surface area contributed by atoms with Gasteiger partial charge in [0.05, 0.1) is 0 Å². The number of carbonyl (C=O) groups excluding carboxylic acids is 1. The van der Waals surface area contributed by atoms with Crippen LogP contribution < -0.4 is 5.32 Å². The number of nitrogens with one attached hydrogen (secondary N) is 1. The predicted molar refractivity (Wildman–Crippen MR) is 113 cm³/mol. The van der Waals surface area contributed by atoms with Gasteiger partial charge in [0.1, 0.15) is 0 Å². The molecule has 1 heterocycles. The number of benzene rings is 2. The monoisotopic (exact) mass is 362 g/mol. The molecule has 3 aromatic rings. The highest BCUT2D eigenvalue weighted by molar-refractivity contribution is 5.86. The van der Waals surface area contributed by atoms with Gasteiger partial charge in [-0.1, -0.05) is 55.0 Å². The van der Waals surface area contributed by atoms with Crippen LogP contribution in [-0.4, -0.2) is 16.5 Å². The summed E-state index contributed by atoms with van der Waals surface area (Å²) in [6, 6.07) is 17.2. The van der Waals surface area contributed by atoms with Crippen molar-refractivity contribution in [1.82, 2.24) is 9.88 Å². The van der Waals surface area contributed by atoms with Gasteiger partial charge < -0.3 is 9.88 Å². The zero-order valence-electron chi connectivity index (χ0n) is 16.8. The number of nitrogens with zero attached hydrogens (tertiary/aromatic N) is 1. The van der Waals surface area contributed by atoms with Crippen LogP contribution in [-0.2, 0) is 11.3 Å². The summed E-state index contributed by atoms with van der Waals surface area (Å²) in [4.78, 5) is 12.7. The molecular formula is C24H30N2O. The quantitative estimate of drug-likeness (QED) is 0.599. The summed E-state index contributed by atoms with van der Waals surface area (Å²) in [5, 5.41) is 4.38. The summed E-state index contributed by atoms with van der Waals surface area (Å²) in [6.45, 7) is 9.34. The molecule has 0 unspecified atom stereocenters. The maximum Gasteiger partial charge on any atom is 0.221 e. The van der Waals surface area contributed by atoms with E-state index in [2.05, 4.69) is 92.3 Å². The summed E-state index contributed by atoms with van der Waals surface area (Å²) in [7, 11) is 0. The number of amides is 1. The lowest BCUT2D eigenvalue weighted by Gasteiger charge is -2.19. The van der Waals surface area contributed by atoms with Crippen molar-refractivity contribution in [3.05, 3.63) is 71.4 Å². The van der Waals surface area contributed by atoms with Crippen LogP contribution in [0.15, 0.2) is 54.7 Å². The number of aromatic nitrogens is 1. The zero-order valence-corrected chi connectivity index (χ0v) is 16.8. The fourth-order valence-corrected chi connectivity index (χ4v) is 3.73. The fraction of sp³-hybridized carbons (Fsp3) is 0.375. The Morgan fingerprint density at radius 1 is 1.11 bits per heavy atom. The van der Waals surface area contributed by atoms with E-state index in [0.717, 1.165) is 13.0 Å². The van der Waals surface area contributed by atoms with Crippen LogP contribution in [0.1, 0.15) is 56.2 Å². The van der Waals surface area contributed by atoms with E-state index in [0.29, 0.717) is 6.42 Å². The largest absolute Gasteiger partial charge is 0.354 e. The summed E-state index contributed by atoms with van der Waals surface area (Å²) in [5.41, 5.74) is 4.89. The third-order valence-electron chi connectivity index (χ3n) is 5.39. The van der Waals surface area contributed by atoms with Crippen LogP contribution in [0.25, 0.3) is 10.9 Å². The number of aryl methyl sites for hydroxylation is 2. The van der Waals surface area contributed by atoms with Crippen LogP contribution in [0.2, 0.25) is 0 Å². The number of hydrogen-bond donors (Lipinski definition) is 1. The zero-order chi connectivity index (χ0) is 19.4. The molecular weight excluding hydrogens is 332 g/mol. The first-order chi connectivity index (χ1) is 13.0. The van der Waals surface area contributed by atoms with Crippen molar-refractivity contribution in [2.24, 2.45) is 0 Å². The molecule has 1 N–H and O–H groups in total. The molecule has 2 aromatic carbocycles. The Morgan fingerprint density at radius 3 is 2.59 bits per heavy atom. The highest BCUT2D eigenvalue weighted by Gasteiger charge is 2.23. The van der Waals surface area contributed by atoms with Gasteiger partial charge in [-0.15, -0.1) is 0 Å². The average Bonchev–Trinajstić information content (AvgIpc) is 3.04. The normalized spacial score (nSPS) is 13.5. The van der Waals surface area contributed by atoms with E-state index in [1.165, 1.54) is 27.6 Å². The lowest BCUT2D eigenvalue weighted by Crippen LogP contribution is -2.33. The van der Waals surface area contributed by atoms with Gasteiger partial charge in [0.15, 0.2) is 0 Å². The Kier molecular flexibility index (Phi) is 6.00. The van der Waals surface area contributed by atoms with Crippen molar-refractivity contribution >= 4 is 16.8 Å². The standard InChI is InChI=1S/C24H30N2O/c1-5-18(4)25-24(27)15-21(19-11-9-10-17(3)14-19)22-16-26(6-2)23-13-8-7-12-20(22)23/h7-14,16,18,21H,5-6,15H2,1-4H3,(H,25,27)/t18-,21+/m1/s1. The Hall–Kier alpha value is -2.55. The number of fused-ring (bicyclic) bond motifs is 1. The highest BCUT2D eigenvalue weighted by Crippen LogP contribution is 2.35. The second kappa shape index (κ2) is 8.43. The smallest absolute Gasteiger partial charge is 0.221 e. The minimum atomic E-state index is 0.0478. The molecule has 0 saturated heterocycles. The second-order valence-corrected chi connectivity index (χ2v) is 7.44. The van der Waals surface area contributed by atoms with Gasteiger partial charge in [0.25, 0.3) is 0 Å². The molecule has 0 aliphatic carbocycles. The van der Waals surface area contributed by atoms with E-state index in [1.807, 2.05) is 0 Å². The molecule has 0 aliphatic heterocycles. The van der Waals surface area contributed by atoms with Gasteiger partial charge in [0.2, 0.25) is 5.91 Å². The van der Waals surface area contributed by atoms with Gasteiger partial charge in [-0.3, -0.25) is 4.79 Å². The molecule has 27 heavy (non-hydrogen) atoms. The molecule has 0 saturated carbocycles. The van der Waals surface area contributed by atoms with Gasteiger partial charge in [-0.05, 0) is 44.4 Å².